The molecule has 0 bridgehead atoms. The summed E-state index contributed by atoms with van der Waals surface area (Å²) in [5.41, 5.74) is 1.16. The van der Waals surface area contributed by atoms with Crippen molar-refractivity contribution in [1.82, 2.24) is 5.32 Å². The molecule has 1 N–H and O–H groups in total. The van der Waals surface area contributed by atoms with Crippen molar-refractivity contribution >= 4 is 15.9 Å². The van der Waals surface area contributed by atoms with E-state index in [1.54, 1.807) is 6.07 Å². The van der Waals surface area contributed by atoms with E-state index in [1.165, 1.54) is 18.9 Å². The van der Waals surface area contributed by atoms with Gasteiger partial charge in [0.25, 0.3) is 0 Å². The van der Waals surface area contributed by atoms with E-state index in [0.29, 0.717) is 16.5 Å². The van der Waals surface area contributed by atoms with Gasteiger partial charge in [0.2, 0.25) is 0 Å². The fourth-order valence-electron chi connectivity index (χ4n) is 3.62. The Bertz CT molecular complexity index is 506. The molecule has 2 atom stereocenters. The molecule has 1 aromatic carbocycles. The average Bonchev–Trinajstić information content (AvgIpc) is 3.24. The molecule has 4 heteroatoms. The number of rotatable bonds is 6. The third-order valence-corrected chi connectivity index (χ3v) is 5.74. The molecule has 0 spiro atoms. The van der Waals surface area contributed by atoms with Gasteiger partial charge < -0.3 is 10.1 Å². The van der Waals surface area contributed by atoms with Crippen molar-refractivity contribution in [3.05, 3.63) is 34.1 Å². The lowest BCUT2D eigenvalue weighted by Gasteiger charge is -2.35. The molecule has 2 nitrogen and oxygen atoms in total. The molecule has 1 aliphatic heterocycles. The smallest absolute Gasteiger partial charge is 0.137 e. The molecule has 1 heterocycles. The first kappa shape index (κ1) is 15.4. The van der Waals surface area contributed by atoms with Gasteiger partial charge in [0, 0.05) is 18.6 Å². The van der Waals surface area contributed by atoms with Crippen molar-refractivity contribution in [1.29, 1.82) is 0 Å². The quantitative estimate of drug-likeness (QED) is 0.834. The number of nitrogens with one attached hydrogen (secondary N) is 1. The minimum Gasteiger partial charge on any atom is -0.377 e. The van der Waals surface area contributed by atoms with Gasteiger partial charge in [-0.2, -0.15) is 0 Å². The SMILES string of the molecule is CCNCC1(Cc2cccc(F)c2Br)CCOC1C1CC1. The van der Waals surface area contributed by atoms with Crippen LogP contribution in [0.3, 0.4) is 0 Å². The molecule has 1 aromatic rings. The van der Waals surface area contributed by atoms with Crippen LogP contribution in [0.1, 0.15) is 31.7 Å². The zero-order chi connectivity index (χ0) is 14.9. The highest BCUT2D eigenvalue weighted by atomic mass is 79.9. The highest BCUT2D eigenvalue weighted by Crippen LogP contribution is 2.49. The summed E-state index contributed by atoms with van der Waals surface area (Å²) in [5, 5.41) is 3.51. The standard InChI is InChI=1S/C17H23BrFNO/c1-2-20-11-17(8-9-21-16(17)12-6-7-12)10-13-4-3-5-14(19)15(13)18/h3-5,12,16,20H,2,6-11H2,1H3. The van der Waals surface area contributed by atoms with E-state index in [1.807, 2.05) is 6.07 Å². The number of hydrogen-bond donors (Lipinski definition) is 1. The van der Waals surface area contributed by atoms with Crippen molar-refractivity contribution in [2.45, 2.75) is 38.7 Å². The molecule has 0 radical (unpaired) electrons. The lowest BCUT2D eigenvalue weighted by atomic mass is 9.74. The second kappa shape index (κ2) is 6.35. The summed E-state index contributed by atoms with van der Waals surface area (Å²) in [6.45, 7) is 4.88. The highest BCUT2D eigenvalue weighted by molar-refractivity contribution is 9.10. The first-order chi connectivity index (χ1) is 10.2. The summed E-state index contributed by atoms with van der Waals surface area (Å²) >= 11 is 3.42. The second-order valence-electron chi connectivity index (χ2n) is 6.41. The molecule has 1 aliphatic carbocycles. The molecule has 0 amide bonds. The molecule has 1 saturated heterocycles. The van der Waals surface area contributed by atoms with Crippen LogP contribution in [0.15, 0.2) is 22.7 Å². The first-order valence-corrected chi connectivity index (χ1v) is 8.71. The van der Waals surface area contributed by atoms with E-state index in [0.717, 1.165) is 38.1 Å². The van der Waals surface area contributed by atoms with Crippen molar-refractivity contribution in [3.63, 3.8) is 0 Å². The predicted octanol–water partition coefficient (Wildman–Crippen LogP) is 3.93. The van der Waals surface area contributed by atoms with Crippen LogP contribution in [-0.4, -0.2) is 25.8 Å². The van der Waals surface area contributed by atoms with Gasteiger partial charge >= 0.3 is 0 Å². The Balaban J connectivity index is 1.86. The van der Waals surface area contributed by atoms with E-state index < -0.39 is 0 Å². The molecule has 0 aromatic heterocycles. The normalized spacial score (nSPS) is 29.0. The topological polar surface area (TPSA) is 21.3 Å². The number of ether oxygens (including phenoxy) is 1. The zero-order valence-electron chi connectivity index (χ0n) is 12.5. The maximum atomic E-state index is 13.8. The summed E-state index contributed by atoms with van der Waals surface area (Å²) < 4.78 is 20.5. The predicted molar refractivity (Wildman–Crippen MR) is 85.9 cm³/mol. The van der Waals surface area contributed by atoms with Crippen LogP contribution < -0.4 is 5.32 Å². The number of benzene rings is 1. The molecular weight excluding hydrogens is 333 g/mol. The number of halogens is 2. The first-order valence-electron chi connectivity index (χ1n) is 7.91. The lowest BCUT2D eigenvalue weighted by Crippen LogP contribution is -2.43. The van der Waals surface area contributed by atoms with Gasteiger partial charge in [0.15, 0.2) is 0 Å². The van der Waals surface area contributed by atoms with E-state index in [2.05, 4.69) is 28.2 Å². The zero-order valence-corrected chi connectivity index (χ0v) is 14.1. The summed E-state index contributed by atoms with van der Waals surface area (Å²) in [6, 6.07) is 5.34. The van der Waals surface area contributed by atoms with Crippen LogP contribution >= 0.6 is 15.9 Å². The van der Waals surface area contributed by atoms with Crippen molar-refractivity contribution in [3.8, 4) is 0 Å². The van der Waals surface area contributed by atoms with Gasteiger partial charge in [-0.15, -0.1) is 0 Å². The van der Waals surface area contributed by atoms with Gasteiger partial charge in [-0.05, 0) is 65.7 Å². The second-order valence-corrected chi connectivity index (χ2v) is 7.20. The van der Waals surface area contributed by atoms with Crippen LogP contribution in [0.4, 0.5) is 4.39 Å². The molecule has 2 unspecified atom stereocenters. The summed E-state index contributed by atoms with van der Waals surface area (Å²) in [4.78, 5) is 0. The molecule has 2 fully saturated rings. The van der Waals surface area contributed by atoms with E-state index >= 15 is 0 Å². The highest BCUT2D eigenvalue weighted by Gasteiger charge is 2.50. The Hall–Kier alpha value is -0.450. The number of hydrogen-bond acceptors (Lipinski definition) is 2. The summed E-state index contributed by atoms with van der Waals surface area (Å²) in [6.07, 6.45) is 4.82. The minimum atomic E-state index is -0.173. The van der Waals surface area contributed by atoms with E-state index in [9.17, 15) is 4.39 Å². The molecule has 3 rings (SSSR count). The van der Waals surface area contributed by atoms with Crippen molar-refractivity contribution in [2.24, 2.45) is 11.3 Å². The van der Waals surface area contributed by atoms with E-state index in [4.69, 9.17) is 4.74 Å². The van der Waals surface area contributed by atoms with Crippen LogP contribution in [0.25, 0.3) is 0 Å². The Morgan fingerprint density at radius 1 is 1.43 bits per heavy atom. The summed E-state index contributed by atoms with van der Waals surface area (Å²) in [7, 11) is 0. The van der Waals surface area contributed by atoms with Gasteiger partial charge in [0.05, 0.1) is 10.6 Å². The molecule has 1 saturated carbocycles. The van der Waals surface area contributed by atoms with E-state index in [-0.39, 0.29) is 11.2 Å². The van der Waals surface area contributed by atoms with Crippen molar-refractivity contribution < 1.29 is 9.13 Å². The van der Waals surface area contributed by atoms with Crippen LogP contribution in [-0.2, 0) is 11.2 Å². The Morgan fingerprint density at radius 3 is 2.95 bits per heavy atom. The third kappa shape index (κ3) is 3.17. The maximum absolute atomic E-state index is 13.8. The Labute approximate surface area is 134 Å². The maximum Gasteiger partial charge on any atom is 0.137 e. The molecule has 2 aliphatic rings. The van der Waals surface area contributed by atoms with Gasteiger partial charge in [-0.25, -0.2) is 4.39 Å². The molecular formula is C17H23BrFNO. The molecule has 116 valence electrons. The third-order valence-electron chi connectivity index (χ3n) is 4.85. The van der Waals surface area contributed by atoms with Crippen LogP contribution in [0.2, 0.25) is 0 Å². The fraction of sp³-hybridized carbons (Fsp3) is 0.647. The Morgan fingerprint density at radius 2 is 2.24 bits per heavy atom. The van der Waals surface area contributed by atoms with Crippen LogP contribution in [0, 0.1) is 17.2 Å². The Kier molecular flexibility index (Phi) is 4.67. The minimum absolute atomic E-state index is 0.105. The molecule has 21 heavy (non-hydrogen) atoms. The fourth-order valence-corrected chi connectivity index (χ4v) is 4.03. The van der Waals surface area contributed by atoms with Crippen molar-refractivity contribution in [2.75, 3.05) is 19.7 Å². The lowest BCUT2D eigenvalue weighted by molar-refractivity contribution is 0.0308. The van der Waals surface area contributed by atoms with Gasteiger partial charge in [-0.1, -0.05) is 19.1 Å². The summed E-state index contributed by atoms with van der Waals surface area (Å²) in [5.74, 6) is 0.534. The monoisotopic (exact) mass is 355 g/mol. The van der Waals surface area contributed by atoms with Gasteiger partial charge in [-0.3, -0.25) is 0 Å². The van der Waals surface area contributed by atoms with Crippen LogP contribution in [0.5, 0.6) is 0 Å². The largest absolute Gasteiger partial charge is 0.377 e. The van der Waals surface area contributed by atoms with Gasteiger partial charge in [0.1, 0.15) is 5.82 Å². The average molecular weight is 356 g/mol.